The Kier molecular flexibility index (Phi) is 6.03. The second-order valence-electron chi connectivity index (χ2n) is 7.52. The Morgan fingerprint density at radius 1 is 1.14 bits per heavy atom. The number of hydrogen-bond donors (Lipinski definition) is 2. The van der Waals surface area contributed by atoms with Crippen molar-refractivity contribution in [1.82, 2.24) is 9.88 Å². The van der Waals surface area contributed by atoms with Crippen LogP contribution in [0.2, 0.25) is 0 Å². The van der Waals surface area contributed by atoms with Gasteiger partial charge in [0.25, 0.3) is 0 Å². The number of amides is 1. The van der Waals surface area contributed by atoms with Gasteiger partial charge < -0.3 is 15.6 Å². The first-order valence-electron chi connectivity index (χ1n) is 9.95. The highest BCUT2D eigenvalue weighted by molar-refractivity contribution is 7.98. The van der Waals surface area contributed by atoms with Crippen LogP contribution in [0.15, 0.2) is 54.7 Å². The number of rotatable bonds is 7. The number of primary amides is 1. The molecule has 3 N–H and O–H groups in total. The Hall–Kier alpha value is -2.24. The van der Waals surface area contributed by atoms with Crippen molar-refractivity contribution < 1.29 is 4.79 Å². The number of likely N-dealkylation sites (tertiary alicyclic amines) is 1. The van der Waals surface area contributed by atoms with E-state index in [0.29, 0.717) is 5.56 Å². The molecule has 0 aliphatic carbocycles. The van der Waals surface area contributed by atoms with Gasteiger partial charge in [0.1, 0.15) is 0 Å². The Morgan fingerprint density at radius 2 is 1.93 bits per heavy atom. The van der Waals surface area contributed by atoms with Crippen molar-refractivity contribution in [1.29, 1.82) is 0 Å². The monoisotopic (exact) mass is 393 g/mol. The number of benzene rings is 2. The topological polar surface area (TPSA) is 62.1 Å². The van der Waals surface area contributed by atoms with E-state index < -0.39 is 0 Å². The first-order chi connectivity index (χ1) is 13.7. The van der Waals surface area contributed by atoms with Crippen LogP contribution >= 0.6 is 11.8 Å². The summed E-state index contributed by atoms with van der Waals surface area (Å²) in [6, 6.07) is 16.6. The zero-order valence-electron chi connectivity index (χ0n) is 16.1. The Bertz CT molecular complexity index is 929. The molecule has 1 amide bonds. The average molecular weight is 394 g/mol. The summed E-state index contributed by atoms with van der Waals surface area (Å²) >= 11 is 1.97. The lowest BCUT2D eigenvalue weighted by Gasteiger charge is -2.32. The molecule has 2 aromatic carbocycles. The summed E-state index contributed by atoms with van der Waals surface area (Å²) in [4.78, 5) is 17.2. The minimum Gasteiger partial charge on any atom is -0.366 e. The van der Waals surface area contributed by atoms with Gasteiger partial charge in [0.15, 0.2) is 0 Å². The van der Waals surface area contributed by atoms with Crippen LogP contribution in [-0.4, -0.2) is 41.2 Å². The molecule has 0 saturated carbocycles. The van der Waals surface area contributed by atoms with E-state index in [2.05, 4.69) is 40.2 Å². The molecular weight excluding hydrogens is 366 g/mol. The molecule has 1 aromatic heterocycles. The molecule has 5 heteroatoms. The van der Waals surface area contributed by atoms with Crippen molar-refractivity contribution in [2.24, 2.45) is 5.73 Å². The first kappa shape index (κ1) is 19.1. The zero-order chi connectivity index (χ0) is 19.3. The number of hydrogen-bond acceptors (Lipinski definition) is 3. The van der Waals surface area contributed by atoms with Crippen molar-refractivity contribution in [2.45, 2.75) is 24.5 Å². The summed E-state index contributed by atoms with van der Waals surface area (Å²) in [6.07, 6.45) is 4.58. The lowest BCUT2D eigenvalue weighted by molar-refractivity contribution is 0.100. The molecule has 1 fully saturated rings. The third-order valence-electron chi connectivity index (χ3n) is 5.72. The molecule has 4 nitrogen and oxygen atoms in total. The number of aromatic amines is 1. The Labute approximate surface area is 170 Å². The number of nitrogens with one attached hydrogen (secondary N) is 1. The van der Waals surface area contributed by atoms with E-state index in [1.165, 1.54) is 42.4 Å². The van der Waals surface area contributed by atoms with E-state index >= 15 is 0 Å². The van der Waals surface area contributed by atoms with Crippen LogP contribution < -0.4 is 5.73 Å². The largest absolute Gasteiger partial charge is 0.366 e. The smallest absolute Gasteiger partial charge is 0.248 e. The molecule has 2 heterocycles. The quantitative estimate of drug-likeness (QED) is 0.586. The molecule has 28 heavy (non-hydrogen) atoms. The highest BCUT2D eigenvalue weighted by atomic mass is 32.2. The number of piperidine rings is 1. The standard InChI is InChI=1S/C23H27N3OS/c24-23(27)19-6-7-21-20(15-25-22(21)14-19)16-28-13-12-26-10-8-18(9-11-26)17-4-2-1-3-5-17/h1-7,14-15,18,25H,8-13,16H2,(H2,24,27). The lowest BCUT2D eigenvalue weighted by atomic mass is 9.89. The molecule has 146 valence electrons. The van der Waals surface area contributed by atoms with Gasteiger partial charge >= 0.3 is 0 Å². The molecule has 0 spiro atoms. The van der Waals surface area contributed by atoms with Crippen LogP contribution in [0, 0.1) is 0 Å². The van der Waals surface area contributed by atoms with Gasteiger partial charge in [0.2, 0.25) is 5.91 Å². The fraction of sp³-hybridized carbons (Fsp3) is 0.348. The van der Waals surface area contributed by atoms with E-state index in [1.54, 1.807) is 0 Å². The maximum absolute atomic E-state index is 11.3. The van der Waals surface area contributed by atoms with Gasteiger partial charge in [0, 0.05) is 40.7 Å². The second kappa shape index (κ2) is 8.84. The van der Waals surface area contributed by atoms with Crippen LogP contribution in [-0.2, 0) is 5.75 Å². The molecule has 4 rings (SSSR count). The van der Waals surface area contributed by atoms with E-state index in [-0.39, 0.29) is 5.91 Å². The van der Waals surface area contributed by atoms with Crippen LogP contribution in [0.3, 0.4) is 0 Å². The maximum atomic E-state index is 11.3. The number of thioether (sulfide) groups is 1. The number of nitrogens with two attached hydrogens (primary N) is 1. The van der Waals surface area contributed by atoms with Gasteiger partial charge in [-0.3, -0.25) is 4.79 Å². The summed E-state index contributed by atoms with van der Waals surface area (Å²) in [6.45, 7) is 3.55. The fourth-order valence-electron chi connectivity index (χ4n) is 4.05. The van der Waals surface area contributed by atoms with Crippen LogP contribution in [0.25, 0.3) is 10.9 Å². The van der Waals surface area contributed by atoms with Gasteiger partial charge in [-0.1, -0.05) is 36.4 Å². The number of carbonyl (C=O) groups excluding carboxylic acids is 1. The van der Waals surface area contributed by atoms with Crippen LogP contribution in [0.4, 0.5) is 0 Å². The van der Waals surface area contributed by atoms with Crippen molar-refractivity contribution in [3.8, 4) is 0 Å². The molecular formula is C23H27N3OS. The highest BCUT2D eigenvalue weighted by Crippen LogP contribution is 2.28. The molecule has 1 aliphatic heterocycles. The molecule has 0 radical (unpaired) electrons. The zero-order valence-corrected chi connectivity index (χ0v) is 16.9. The van der Waals surface area contributed by atoms with E-state index in [1.807, 2.05) is 36.2 Å². The summed E-state index contributed by atoms with van der Waals surface area (Å²) in [5.74, 6) is 2.46. The summed E-state index contributed by atoms with van der Waals surface area (Å²) in [7, 11) is 0. The second-order valence-corrected chi connectivity index (χ2v) is 8.62. The third-order valence-corrected chi connectivity index (χ3v) is 6.71. The minimum absolute atomic E-state index is 0.386. The SMILES string of the molecule is NC(=O)c1ccc2c(CSCCN3CCC(c4ccccc4)CC3)c[nH]c2c1. The summed E-state index contributed by atoms with van der Waals surface area (Å²) < 4.78 is 0. The van der Waals surface area contributed by atoms with Gasteiger partial charge in [-0.15, -0.1) is 0 Å². The normalized spacial score (nSPS) is 15.9. The molecule has 1 saturated heterocycles. The molecule has 0 unspecified atom stereocenters. The van der Waals surface area contributed by atoms with E-state index in [4.69, 9.17) is 5.73 Å². The molecule has 3 aromatic rings. The summed E-state index contributed by atoms with van der Waals surface area (Å²) in [5.41, 5.74) is 9.68. The van der Waals surface area contributed by atoms with Gasteiger partial charge in [-0.2, -0.15) is 11.8 Å². The lowest BCUT2D eigenvalue weighted by Crippen LogP contribution is -2.34. The number of H-pyrrole nitrogens is 1. The Morgan fingerprint density at radius 3 is 2.68 bits per heavy atom. The van der Waals surface area contributed by atoms with Crippen LogP contribution in [0.5, 0.6) is 0 Å². The van der Waals surface area contributed by atoms with Gasteiger partial charge in [-0.25, -0.2) is 0 Å². The highest BCUT2D eigenvalue weighted by Gasteiger charge is 2.20. The number of fused-ring (bicyclic) bond motifs is 1. The van der Waals surface area contributed by atoms with Gasteiger partial charge in [0.05, 0.1) is 0 Å². The molecule has 0 atom stereocenters. The maximum Gasteiger partial charge on any atom is 0.248 e. The van der Waals surface area contributed by atoms with E-state index in [0.717, 1.165) is 29.5 Å². The number of carbonyl (C=O) groups is 1. The molecule has 0 bridgehead atoms. The van der Waals surface area contributed by atoms with Crippen molar-refractivity contribution >= 4 is 28.6 Å². The number of aromatic nitrogens is 1. The summed E-state index contributed by atoms with van der Waals surface area (Å²) in [5, 5.41) is 1.18. The fourth-order valence-corrected chi connectivity index (χ4v) is 5.04. The predicted molar refractivity (Wildman–Crippen MR) is 118 cm³/mol. The van der Waals surface area contributed by atoms with E-state index in [9.17, 15) is 4.79 Å². The minimum atomic E-state index is -0.386. The van der Waals surface area contributed by atoms with Crippen LogP contribution in [0.1, 0.15) is 40.2 Å². The molecule has 1 aliphatic rings. The van der Waals surface area contributed by atoms with Gasteiger partial charge in [-0.05, 0) is 55.1 Å². The third kappa shape index (κ3) is 4.42. The predicted octanol–water partition coefficient (Wildman–Crippen LogP) is 4.38. The number of nitrogens with zero attached hydrogens (tertiary/aromatic N) is 1. The average Bonchev–Trinajstić information content (AvgIpc) is 3.14. The van der Waals surface area contributed by atoms with Crippen molar-refractivity contribution in [2.75, 3.05) is 25.4 Å². The van der Waals surface area contributed by atoms with Crippen molar-refractivity contribution in [3.63, 3.8) is 0 Å². The van der Waals surface area contributed by atoms with Crippen molar-refractivity contribution in [3.05, 3.63) is 71.4 Å². The first-order valence-corrected chi connectivity index (χ1v) is 11.1. The Balaban J connectivity index is 1.22.